The number of nitrogens with two attached hydrogens (primary N) is 1. The Bertz CT molecular complexity index is 461. The highest BCUT2D eigenvalue weighted by molar-refractivity contribution is 5.86. The smallest absolute Gasteiger partial charge is 0.242 e. The van der Waals surface area contributed by atoms with E-state index in [0.717, 1.165) is 0 Å². The summed E-state index contributed by atoms with van der Waals surface area (Å²) >= 11 is 0. The Morgan fingerprint density at radius 3 is 2.69 bits per heavy atom. The number of aromatic nitrogens is 2. The van der Waals surface area contributed by atoms with Gasteiger partial charge in [-0.05, 0) is 26.8 Å². The van der Waals surface area contributed by atoms with E-state index in [1.165, 1.54) is 0 Å². The molecule has 1 aromatic rings. The van der Waals surface area contributed by atoms with Crippen LogP contribution in [0.2, 0.25) is 0 Å². The number of carbonyl (C=O) groups excluding carboxylic acids is 1. The molecule has 0 fully saturated rings. The van der Waals surface area contributed by atoms with Crippen LogP contribution in [0.3, 0.4) is 0 Å². The van der Waals surface area contributed by atoms with E-state index < -0.39 is 11.4 Å². The second-order valence-electron chi connectivity index (χ2n) is 3.94. The monoisotopic (exact) mass is 219 g/mol. The third-order valence-corrected chi connectivity index (χ3v) is 2.01. The van der Waals surface area contributed by atoms with E-state index in [0.29, 0.717) is 5.69 Å². The van der Waals surface area contributed by atoms with Crippen LogP contribution in [0, 0.1) is 18.3 Å². The molecule has 0 radical (unpaired) electrons. The van der Waals surface area contributed by atoms with Gasteiger partial charge in [-0.3, -0.25) is 4.79 Å². The molecule has 0 unspecified atom stereocenters. The van der Waals surface area contributed by atoms with Crippen LogP contribution < -0.4 is 11.1 Å². The standard InChI is InChI=1S/C10H13N5O/c1-6-4-7(5-11)14-9(13-6)15-10(2,3)8(12)16/h4H,1-3H3,(H2,12,16)(H,13,14,15). The van der Waals surface area contributed by atoms with Crippen LogP contribution in [-0.4, -0.2) is 21.4 Å². The van der Waals surface area contributed by atoms with Gasteiger partial charge < -0.3 is 11.1 Å². The van der Waals surface area contributed by atoms with E-state index in [4.69, 9.17) is 11.0 Å². The molecule has 0 aliphatic carbocycles. The summed E-state index contributed by atoms with van der Waals surface area (Å²) in [5.41, 5.74) is 5.14. The van der Waals surface area contributed by atoms with Gasteiger partial charge in [0.15, 0.2) is 0 Å². The first kappa shape index (κ1) is 11.9. The predicted molar refractivity (Wildman–Crippen MR) is 58.4 cm³/mol. The van der Waals surface area contributed by atoms with Crippen LogP contribution in [0.4, 0.5) is 5.95 Å². The van der Waals surface area contributed by atoms with Crippen molar-refractivity contribution in [3.8, 4) is 6.07 Å². The summed E-state index contributed by atoms with van der Waals surface area (Å²) in [6.45, 7) is 4.98. The van der Waals surface area contributed by atoms with Crippen molar-refractivity contribution in [2.24, 2.45) is 5.73 Å². The molecule has 0 saturated heterocycles. The van der Waals surface area contributed by atoms with Crippen molar-refractivity contribution in [2.45, 2.75) is 26.3 Å². The summed E-state index contributed by atoms with van der Waals surface area (Å²) in [6, 6.07) is 3.47. The van der Waals surface area contributed by atoms with Crippen molar-refractivity contribution in [3.63, 3.8) is 0 Å². The fraction of sp³-hybridized carbons (Fsp3) is 0.400. The summed E-state index contributed by atoms with van der Waals surface area (Å²) < 4.78 is 0. The summed E-state index contributed by atoms with van der Waals surface area (Å²) in [7, 11) is 0. The third kappa shape index (κ3) is 2.67. The molecule has 0 saturated carbocycles. The lowest BCUT2D eigenvalue weighted by Crippen LogP contribution is -2.45. The van der Waals surface area contributed by atoms with Gasteiger partial charge in [0, 0.05) is 5.69 Å². The SMILES string of the molecule is Cc1cc(C#N)nc(NC(C)(C)C(N)=O)n1. The molecule has 1 aromatic heterocycles. The van der Waals surface area contributed by atoms with Crippen molar-refractivity contribution in [1.29, 1.82) is 5.26 Å². The highest BCUT2D eigenvalue weighted by Gasteiger charge is 2.25. The van der Waals surface area contributed by atoms with Gasteiger partial charge in [0.1, 0.15) is 17.3 Å². The molecular formula is C10H13N5O. The normalized spacial score (nSPS) is 10.6. The maximum absolute atomic E-state index is 11.1. The molecular weight excluding hydrogens is 206 g/mol. The Labute approximate surface area is 93.5 Å². The third-order valence-electron chi connectivity index (χ3n) is 2.01. The molecule has 84 valence electrons. The molecule has 6 nitrogen and oxygen atoms in total. The summed E-state index contributed by atoms with van der Waals surface area (Å²) in [6.07, 6.45) is 0. The Kier molecular flexibility index (Phi) is 3.09. The highest BCUT2D eigenvalue weighted by Crippen LogP contribution is 2.11. The van der Waals surface area contributed by atoms with Crippen molar-refractivity contribution < 1.29 is 4.79 Å². The van der Waals surface area contributed by atoms with Crippen LogP contribution in [0.15, 0.2) is 6.07 Å². The van der Waals surface area contributed by atoms with Crippen molar-refractivity contribution in [1.82, 2.24) is 9.97 Å². The molecule has 3 N–H and O–H groups in total. The van der Waals surface area contributed by atoms with Crippen LogP contribution in [0.1, 0.15) is 25.2 Å². The minimum absolute atomic E-state index is 0.223. The van der Waals surface area contributed by atoms with Crippen molar-refractivity contribution in [3.05, 3.63) is 17.5 Å². The quantitative estimate of drug-likeness (QED) is 0.762. The second-order valence-corrected chi connectivity index (χ2v) is 3.94. The fourth-order valence-corrected chi connectivity index (χ4v) is 1.02. The van der Waals surface area contributed by atoms with Gasteiger partial charge in [0.2, 0.25) is 11.9 Å². The minimum atomic E-state index is -0.958. The second kappa shape index (κ2) is 4.14. The molecule has 1 heterocycles. The minimum Gasteiger partial charge on any atom is -0.368 e. The van der Waals surface area contributed by atoms with Gasteiger partial charge in [-0.1, -0.05) is 0 Å². The first-order chi connectivity index (χ1) is 7.35. The molecule has 1 amide bonds. The van der Waals surface area contributed by atoms with E-state index >= 15 is 0 Å². The van der Waals surface area contributed by atoms with Gasteiger partial charge in [-0.25, -0.2) is 9.97 Å². The van der Waals surface area contributed by atoms with Crippen LogP contribution in [0.25, 0.3) is 0 Å². The number of hydrogen-bond donors (Lipinski definition) is 2. The fourth-order valence-electron chi connectivity index (χ4n) is 1.02. The summed E-state index contributed by atoms with van der Waals surface area (Å²) in [4.78, 5) is 19.1. The zero-order valence-electron chi connectivity index (χ0n) is 9.40. The lowest BCUT2D eigenvalue weighted by molar-refractivity contribution is -0.121. The van der Waals surface area contributed by atoms with E-state index in [9.17, 15) is 4.79 Å². The summed E-state index contributed by atoms with van der Waals surface area (Å²) in [5, 5.41) is 11.5. The maximum atomic E-state index is 11.1. The Balaban J connectivity index is 3.03. The largest absolute Gasteiger partial charge is 0.368 e. The van der Waals surface area contributed by atoms with Crippen molar-refractivity contribution in [2.75, 3.05) is 5.32 Å². The highest BCUT2D eigenvalue weighted by atomic mass is 16.1. The molecule has 0 aromatic carbocycles. The van der Waals surface area contributed by atoms with Gasteiger partial charge in [-0.15, -0.1) is 0 Å². The van der Waals surface area contributed by atoms with Gasteiger partial charge in [0.25, 0.3) is 0 Å². The topological polar surface area (TPSA) is 105 Å². The molecule has 6 heteroatoms. The number of hydrogen-bond acceptors (Lipinski definition) is 5. The number of rotatable bonds is 3. The lowest BCUT2D eigenvalue weighted by atomic mass is 10.1. The molecule has 0 spiro atoms. The lowest BCUT2D eigenvalue weighted by Gasteiger charge is -2.22. The maximum Gasteiger partial charge on any atom is 0.242 e. The number of aryl methyl sites for hydroxylation is 1. The number of anilines is 1. The van der Waals surface area contributed by atoms with Gasteiger partial charge in [-0.2, -0.15) is 5.26 Å². The van der Waals surface area contributed by atoms with Crippen LogP contribution >= 0.6 is 0 Å². The number of primary amides is 1. The zero-order valence-corrected chi connectivity index (χ0v) is 9.40. The molecule has 0 bridgehead atoms. The predicted octanol–water partition coefficient (Wildman–Crippen LogP) is 0.332. The average Bonchev–Trinajstić information content (AvgIpc) is 2.15. The first-order valence-electron chi connectivity index (χ1n) is 4.69. The Morgan fingerprint density at radius 1 is 1.56 bits per heavy atom. The molecule has 0 aliphatic heterocycles. The molecule has 0 aliphatic rings. The Morgan fingerprint density at radius 2 is 2.19 bits per heavy atom. The number of nitriles is 1. The van der Waals surface area contributed by atoms with E-state index in [-0.39, 0.29) is 11.6 Å². The molecule has 1 rings (SSSR count). The van der Waals surface area contributed by atoms with E-state index in [1.54, 1.807) is 26.8 Å². The van der Waals surface area contributed by atoms with Crippen LogP contribution in [0.5, 0.6) is 0 Å². The average molecular weight is 219 g/mol. The van der Waals surface area contributed by atoms with Crippen LogP contribution in [-0.2, 0) is 4.79 Å². The zero-order chi connectivity index (χ0) is 12.3. The number of amides is 1. The van der Waals surface area contributed by atoms with Gasteiger partial charge >= 0.3 is 0 Å². The number of carbonyl (C=O) groups is 1. The van der Waals surface area contributed by atoms with E-state index in [2.05, 4.69) is 15.3 Å². The van der Waals surface area contributed by atoms with E-state index in [1.807, 2.05) is 6.07 Å². The van der Waals surface area contributed by atoms with Crippen molar-refractivity contribution >= 4 is 11.9 Å². The summed E-state index contributed by atoms with van der Waals surface area (Å²) in [5.74, 6) is -0.295. The molecule has 0 atom stereocenters. The first-order valence-corrected chi connectivity index (χ1v) is 4.69. The molecule has 16 heavy (non-hydrogen) atoms. The number of nitrogens with zero attached hydrogens (tertiary/aromatic N) is 3. The van der Waals surface area contributed by atoms with Gasteiger partial charge in [0.05, 0.1) is 0 Å². The Hall–Kier alpha value is -2.16. The number of nitrogens with one attached hydrogen (secondary N) is 1.